The Hall–Kier alpha value is -3.52. The first-order valence-electron chi connectivity index (χ1n) is 9.40. The number of ketones is 2. The van der Waals surface area contributed by atoms with Crippen LogP contribution in [0, 0.1) is 0 Å². The first-order chi connectivity index (χ1) is 14.3. The second-order valence-corrected chi connectivity index (χ2v) is 6.94. The van der Waals surface area contributed by atoms with Gasteiger partial charge < -0.3 is 19.3 Å². The summed E-state index contributed by atoms with van der Waals surface area (Å²) in [5.74, 6) is -2.94. The molecule has 0 radical (unpaired) electrons. The van der Waals surface area contributed by atoms with E-state index in [0.717, 1.165) is 0 Å². The predicted octanol–water partition coefficient (Wildman–Crippen LogP) is 2.50. The molecule has 0 spiro atoms. The summed E-state index contributed by atoms with van der Waals surface area (Å²) < 4.78 is 15.7. The highest BCUT2D eigenvalue weighted by atomic mass is 16.6. The lowest BCUT2D eigenvalue weighted by atomic mass is 9.79. The maximum absolute atomic E-state index is 13.3. The second kappa shape index (κ2) is 7.38. The summed E-state index contributed by atoms with van der Waals surface area (Å²) in [7, 11) is 0. The van der Waals surface area contributed by atoms with E-state index < -0.39 is 29.6 Å². The molecule has 1 heterocycles. The number of hydrogen-bond donors (Lipinski definition) is 1. The van der Waals surface area contributed by atoms with Gasteiger partial charge in [-0.25, -0.2) is 4.79 Å². The van der Waals surface area contributed by atoms with Gasteiger partial charge in [-0.05, 0) is 6.92 Å². The van der Waals surface area contributed by atoms with Crippen LogP contribution in [-0.2, 0) is 19.1 Å². The normalized spacial score (nSPS) is 18.1. The van der Waals surface area contributed by atoms with Crippen molar-refractivity contribution in [3.63, 3.8) is 0 Å². The summed E-state index contributed by atoms with van der Waals surface area (Å²) in [5, 5.41) is 11.4. The number of fused-ring (bicyclic) bond motifs is 2. The molecule has 1 unspecified atom stereocenters. The number of benzene rings is 2. The summed E-state index contributed by atoms with van der Waals surface area (Å²) >= 11 is 0. The van der Waals surface area contributed by atoms with Gasteiger partial charge in [0, 0.05) is 35.3 Å². The molecule has 0 aromatic heterocycles. The fourth-order valence-electron chi connectivity index (χ4n) is 3.84. The van der Waals surface area contributed by atoms with E-state index in [-0.39, 0.29) is 58.8 Å². The molecule has 0 saturated carbocycles. The summed E-state index contributed by atoms with van der Waals surface area (Å²) in [4.78, 5) is 50.4. The number of carbonyl (C=O) groups excluding carboxylic acids is 4. The summed E-state index contributed by atoms with van der Waals surface area (Å²) in [6, 6.07) is 6.46. The Morgan fingerprint density at radius 3 is 2.43 bits per heavy atom. The maximum Gasteiger partial charge on any atom is 0.335 e. The molecule has 1 aliphatic heterocycles. The van der Waals surface area contributed by atoms with Gasteiger partial charge in [-0.2, -0.15) is 0 Å². The number of ether oxygens (including phenoxy) is 3. The van der Waals surface area contributed by atoms with Crippen LogP contribution in [0.3, 0.4) is 0 Å². The van der Waals surface area contributed by atoms with E-state index in [9.17, 15) is 24.3 Å². The molecule has 0 amide bonds. The zero-order valence-corrected chi connectivity index (χ0v) is 16.3. The second-order valence-electron chi connectivity index (χ2n) is 6.94. The minimum absolute atomic E-state index is 0.0798. The lowest BCUT2D eigenvalue weighted by molar-refractivity contribution is -0.156. The van der Waals surface area contributed by atoms with Crippen LogP contribution in [0.1, 0.15) is 41.0 Å². The van der Waals surface area contributed by atoms with Crippen molar-refractivity contribution in [2.24, 2.45) is 0 Å². The van der Waals surface area contributed by atoms with Crippen molar-refractivity contribution in [3.05, 3.63) is 46.5 Å². The van der Waals surface area contributed by atoms with Crippen LogP contribution >= 0.6 is 0 Å². The number of phenolic OH excluding ortho intramolecular Hbond substituents is 1. The quantitative estimate of drug-likeness (QED) is 0.606. The smallest absolute Gasteiger partial charge is 0.335 e. The molecule has 0 saturated heterocycles. The molecular weight excluding hydrogens is 392 g/mol. The zero-order chi connectivity index (χ0) is 21.6. The Morgan fingerprint density at radius 2 is 1.77 bits per heavy atom. The third-order valence-electron chi connectivity index (χ3n) is 5.12. The Labute approximate surface area is 171 Å². The molecule has 8 nitrogen and oxygen atoms in total. The van der Waals surface area contributed by atoms with Crippen LogP contribution in [0.4, 0.5) is 0 Å². The van der Waals surface area contributed by atoms with Crippen molar-refractivity contribution in [1.29, 1.82) is 0 Å². The number of carbonyl (C=O) groups is 4. The van der Waals surface area contributed by atoms with Gasteiger partial charge in [-0.1, -0.05) is 24.3 Å². The van der Waals surface area contributed by atoms with Crippen LogP contribution in [0.2, 0.25) is 0 Å². The van der Waals surface area contributed by atoms with Crippen molar-refractivity contribution in [1.82, 2.24) is 0 Å². The highest BCUT2D eigenvalue weighted by Gasteiger charge is 2.42. The Bertz CT molecular complexity index is 1160. The van der Waals surface area contributed by atoms with Gasteiger partial charge >= 0.3 is 11.9 Å². The van der Waals surface area contributed by atoms with Gasteiger partial charge in [0.05, 0.1) is 24.3 Å². The van der Waals surface area contributed by atoms with Gasteiger partial charge in [0.2, 0.25) is 0 Å². The first-order valence-corrected chi connectivity index (χ1v) is 9.40. The number of rotatable bonds is 3. The molecular formula is C22H18O8. The van der Waals surface area contributed by atoms with Crippen LogP contribution < -0.4 is 4.74 Å². The minimum Gasteiger partial charge on any atom is -0.506 e. The SMILES string of the molecule is CCOC(=O)C1CC2=C(CO1)C(=O)c1c(c(O)c3ccccc3c1OC(C)=O)C2=O. The fraction of sp³-hybridized carbons (Fsp3) is 0.273. The van der Waals surface area contributed by atoms with E-state index in [1.807, 2.05) is 0 Å². The third-order valence-corrected chi connectivity index (χ3v) is 5.12. The standard InChI is InChI=1S/C22H18O8/c1-3-28-22(27)15-8-13-14(9-29-15)20(26)17-16(19(13)25)18(24)11-6-4-5-7-12(11)21(17)30-10(2)23/h4-7,15,24H,3,8-9H2,1-2H3. The van der Waals surface area contributed by atoms with Crippen LogP contribution in [0.5, 0.6) is 11.5 Å². The van der Waals surface area contributed by atoms with Crippen molar-refractivity contribution < 1.29 is 38.5 Å². The Balaban J connectivity index is 1.92. The molecule has 4 rings (SSSR count). The lowest BCUT2D eigenvalue weighted by Gasteiger charge is -2.30. The van der Waals surface area contributed by atoms with Crippen molar-refractivity contribution in [2.45, 2.75) is 26.4 Å². The highest BCUT2D eigenvalue weighted by molar-refractivity contribution is 6.31. The van der Waals surface area contributed by atoms with E-state index in [1.54, 1.807) is 31.2 Å². The van der Waals surface area contributed by atoms with Crippen LogP contribution in [0.15, 0.2) is 35.4 Å². The van der Waals surface area contributed by atoms with E-state index in [0.29, 0.717) is 5.39 Å². The molecule has 1 aliphatic carbocycles. The van der Waals surface area contributed by atoms with E-state index in [2.05, 4.69) is 0 Å². The molecule has 2 aromatic carbocycles. The summed E-state index contributed by atoms with van der Waals surface area (Å²) in [6.07, 6.45) is -1.16. The van der Waals surface area contributed by atoms with Gasteiger partial charge in [0.15, 0.2) is 23.4 Å². The largest absolute Gasteiger partial charge is 0.506 e. The molecule has 0 bridgehead atoms. The number of aromatic hydroxyl groups is 1. The molecule has 0 fully saturated rings. The first kappa shape index (κ1) is 19.8. The summed E-state index contributed by atoms with van der Waals surface area (Å²) in [6.45, 7) is 2.72. The predicted molar refractivity (Wildman–Crippen MR) is 104 cm³/mol. The monoisotopic (exact) mass is 410 g/mol. The van der Waals surface area contributed by atoms with E-state index in [4.69, 9.17) is 14.2 Å². The highest BCUT2D eigenvalue weighted by Crippen LogP contribution is 2.46. The van der Waals surface area contributed by atoms with Crippen LogP contribution in [0.25, 0.3) is 10.8 Å². The number of Topliss-reactive ketones (excluding diaryl/α,β-unsaturated/α-hetero) is 2. The van der Waals surface area contributed by atoms with E-state index in [1.165, 1.54) is 6.92 Å². The van der Waals surface area contributed by atoms with Gasteiger partial charge in [-0.3, -0.25) is 14.4 Å². The molecule has 1 N–H and O–H groups in total. The molecule has 8 heteroatoms. The zero-order valence-electron chi connectivity index (χ0n) is 16.3. The number of esters is 2. The van der Waals surface area contributed by atoms with Gasteiger partial charge in [0.25, 0.3) is 0 Å². The molecule has 1 atom stereocenters. The molecule has 2 aromatic rings. The topological polar surface area (TPSA) is 116 Å². The Morgan fingerprint density at radius 1 is 1.10 bits per heavy atom. The minimum atomic E-state index is -1.02. The average Bonchev–Trinajstić information content (AvgIpc) is 2.73. The van der Waals surface area contributed by atoms with Crippen molar-refractivity contribution >= 4 is 34.3 Å². The maximum atomic E-state index is 13.3. The Kier molecular flexibility index (Phi) is 4.87. The van der Waals surface area contributed by atoms with Gasteiger partial charge in [0.1, 0.15) is 5.75 Å². The van der Waals surface area contributed by atoms with Gasteiger partial charge in [-0.15, -0.1) is 0 Å². The molecule has 2 aliphatic rings. The fourth-order valence-corrected chi connectivity index (χ4v) is 3.84. The van der Waals surface area contributed by atoms with Crippen molar-refractivity contribution in [2.75, 3.05) is 13.2 Å². The van der Waals surface area contributed by atoms with Crippen molar-refractivity contribution in [3.8, 4) is 11.5 Å². The summed E-state index contributed by atoms with van der Waals surface area (Å²) in [5.41, 5.74) is -0.242. The van der Waals surface area contributed by atoms with E-state index >= 15 is 0 Å². The average molecular weight is 410 g/mol. The molecule has 30 heavy (non-hydrogen) atoms. The number of phenols is 1. The molecule has 154 valence electrons. The van der Waals surface area contributed by atoms with Crippen LogP contribution in [-0.4, -0.2) is 47.9 Å². The lowest BCUT2D eigenvalue weighted by Crippen LogP contribution is -2.37. The third kappa shape index (κ3) is 2.96. The number of hydrogen-bond acceptors (Lipinski definition) is 8.